The molecule has 12 heteroatoms. The van der Waals surface area contributed by atoms with E-state index in [1.807, 2.05) is 11.0 Å². The number of nitro benzene ring substituents is 1. The normalized spacial score (nSPS) is 12.4. The molecule has 39 heavy (non-hydrogen) atoms. The molecule has 0 saturated carbocycles. The molecule has 0 saturated heterocycles. The maximum absolute atomic E-state index is 12.4. The van der Waals surface area contributed by atoms with Gasteiger partial charge in [0.2, 0.25) is 0 Å². The number of nitrogens with zero attached hydrogens (tertiary/aromatic N) is 6. The zero-order valence-electron chi connectivity index (χ0n) is 20.8. The Morgan fingerprint density at radius 2 is 1.72 bits per heavy atom. The second-order valence-electron chi connectivity index (χ2n) is 8.49. The first kappa shape index (κ1) is 26.6. The van der Waals surface area contributed by atoms with Gasteiger partial charge in [0.1, 0.15) is 18.4 Å². The zero-order chi connectivity index (χ0) is 27.9. The van der Waals surface area contributed by atoms with E-state index < -0.39 is 22.7 Å². The SMILES string of the molecule is CN(CCC(=O)OCCN1C(=O)c2ccccc2C1=O)c1ccc(/N=N/c2ccc([N+](=O)[O-])cc2C#N)cc1. The lowest BCUT2D eigenvalue weighted by Crippen LogP contribution is -2.33. The van der Waals surface area contributed by atoms with E-state index in [1.165, 1.54) is 12.1 Å². The molecule has 0 bridgehead atoms. The number of amides is 2. The topological polar surface area (TPSA) is 159 Å². The van der Waals surface area contributed by atoms with E-state index in [1.54, 1.807) is 55.6 Å². The maximum Gasteiger partial charge on any atom is 0.307 e. The second kappa shape index (κ2) is 11.7. The molecular formula is C27H22N6O6. The van der Waals surface area contributed by atoms with Gasteiger partial charge in [-0.3, -0.25) is 29.4 Å². The molecule has 1 heterocycles. The molecule has 3 aromatic carbocycles. The third-order valence-electron chi connectivity index (χ3n) is 5.98. The summed E-state index contributed by atoms with van der Waals surface area (Å²) in [6.07, 6.45) is 0.0944. The van der Waals surface area contributed by atoms with Crippen LogP contribution in [0.3, 0.4) is 0 Å². The van der Waals surface area contributed by atoms with Gasteiger partial charge in [-0.05, 0) is 42.5 Å². The Hall–Kier alpha value is -5.44. The molecule has 12 nitrogen and oxygen atoms in total. The molecular weight excluding hydrogens is 504 g/mol. The number of fused-ring (bicyclic) bond motifs is 1. The predicted octanol–water partition coefficient (Wildman–Crippen LogP) is 4.55. The van der Waals surface area contributed by atoms with Crippen LogP contribution in [0.1, 0.15) is 32.7 Å². The van der Waals surface area contributed by atoms with Crippen LogP contribution in [0.4, 0.5) is 22.7 Å². The van der Waals surface area contributed by atoms with Crippen molar-refractivity contribution in [2.75, 3.05) is 31.6 Å². The van der Waals surface area contributed by atoms with Crippen LogP contribution in [-0.4, -0.2) is 54.4 Å². The summed E-state index contributed by atoms with van der Waals surface area (Å²) in [5.74, 6) is -1.25. The molecule has 1 aliphatic rings. The van der Waals surface area contributed by atoms with Crippen LogP contribution in [0.5, 0.6) is 0 Å². The van der Waals surface area contributed by atoms with Gasteiger partial charge in [-0.1, -0.05) is 12.1 Å². The summed E-state index contributed by atoms with van der Waals surface area (Å²) in [5.41, 5.74) is 2.06. The van der Waals surface area contributed by atoms with Gasteiger partial charge in [0.25, 0.3) is 17.5 Å². The number of nitro groups is 1. The molecule has 0 atom stereocenters. The molecule has 0 spiro atoms. The van der Waals surface area contributed by atoms with Crippen molar-refractivity contribution in [3.05, 3.63) is 93.5 Å². The smallest absolute Gasteiger partial charge is 0.307 e. The molecule has 0 unspecified atom stereocenters. The van der Waals surface area contributed by atoms with Crippen molar-refractivity contribution in [1.29, 1.82) is 5.26 Å². The van der Waals surface area contributed by atoms with Gasteiger partial charge >= 0.3 is 5.97 Å². The molecule has 0 aliphatic carbocycles. The van der Waals surface area contributed by atoms with Crippen molar-refractivity contribution in [3.8, 4) is 6.07 Å². The van der Waals surface area contributed by atoms with Crippen LogP contribution in [-0.2, 0) is 9.53 Å². The summed E-state index contributed by atoms with van der Waals surface area (Å²) < 4.78 is 5.22. The van der Waals surface area contributed by atoms with Crippen LogP contribution in [0.2, 0.25) is 0 Å². The highest BCUT2D eigenvalue weighted by molar-refractivity contribution is 6.21. The first-order valence-electron chi connectivity index (χ1n) is 11.8. The number of azo groups is 1. The Bertz CT molecular complexity index is 1480. The fraction of sp³-hybridized carbons (Fsp3) is 0.185. The second-order valence-corrected chi connectivity index (χ2v) is 8.49. The summed E-state index contributed by atoms with van der Waals surface area (Å²) in [4.78, 5) is 50.1. The number of anilines is 1. The van der Waals surface area contributed by atoms with Gasteiger partial charge in [0, 0.05) is 31.4 Å². The number of hydrogen-bond donors (Lipinski definition) is 0. The Labute approximate surface area is 222 Å². The molecule has 0 N–H and O–H groups in total. The van der Waals surface area contributed by atoms with E-state index in [9.17, 15) is 29.8 Å². The number of hydrogen-bond acceptors (Lipinski definition) is 10. The molecule has 0 aromatic heterocycles. The molecule has 0 radical (unpaired) electrons. The number of non-ortho nitro benzene ring substituents is 1. The fourth-order valence-electron chi connectivity index (χ4n) is 3.85. The molecule has 0 fully saturated rings. The van der Waals surface area contributed by atoms with Crippen LogP contribution in [0.15, 0.2) is 77.0 Å². The number of imide groups is 1. The van der Waals surface area contributed by atoms with Gasteiger partial charge in [-0.15, -0.1) is 5.11 Å². The number of carbonyl (C=O) groups is 3. The van der Waals surface area contributed by atoms with Crippen molar-refractivity contribution in [2.24, 2.45) is 10.2 Å². The van der Waals surface area contributed by atoms with Crippen molar-refractivity contribution < 1.29 is 24.0 Å². The molecule has 1 aliphatic heterocycles. The van der Waals surface area contributed by atoms with Crippen molar-refractivity contribution >= 4 is 40.5 Å². The summed E-state index contributed by atoms with van der Waals surface area (Å²) in [5, 5.41) is 28.2. The number of nitriles is 1. The Kier molecular flexibility index (Phi) is 8.01. The van der Waals surface area contributed by atoms with Crippen molar-refractivity contribution in [1.82, 2.24) is 4.90 Å². The summed E-state index contributed by atoms with van der Waals surface area (Å²) in [6, 6.07) is 19.2. The monoisotopic (exact) mass is 526 g/mol. The number of esters is 1. The Morgan fingerprint density at radius 1 is 1.05 bits per heavy atom. The third kappa shape index (κ3) is 6.11. The van der Waals surface area contributed by atoms with Crippen LogP contribution >= 0.6 is 0 Å². The van der Waals surface area contributed by atoms with Gasteiger partial charge in [-0.25, -0.2) is 0 Å². The highest BCUT2D eigenvalue weighted by atomic mass is 16.6. The maximum atomic E-state index is 12.4. The van der Waals surface area contributed by atoms with E-state index in [4.69, 9.17) is 4.74 Å². The number of ether oxygens (including phenoxy) is 1. The van der Waals surface area contributed by atoms with Gasteiger partial charge in [0.15, 0.2) is 0 Å². The molecule has 2 amide bonds. The summed E-state index contributed by atoms with van der Waals surface area (Å²) in [7, 11) is 1.80. The van der Waals surface area contributed by atoms with Gasteiger partial charge < -0.3 is 9.64 Å². The van der Waals surface area contributed by atoms with Gasteiger partial charge in [-0.2, -0.15) is 10.4 Å². The average molecular weight is 527 g/mol. The quantitative estimate of drug-likeness (QED) is 0.122. The fourth-order valence-corrected chi connectivity index (χ4v) is 3.85. The van der Waals surface area contributed by atoms with E-state index in [2.05, 4.69) is 10.2 Å². The van der Waals surface area contributed by atoms with Crippen LogP contribution < -0.4 is 4.90 Å². The first-order chi connectivity index (χ1) is 18.8. The van der Waals surface area contributed by atoms with Crippen LogP contribution in [0, 0.1) is 21.4 Å². The number of carbonyl (C=O) groups excluding carboxylic acids is 3. The standard InChI is InChI=1S/C27H22N6O6/c1-31(13-12-25(34)39-15-14-32-26(35)22-4-2-3-5-23(22)27(32)36)20-8-6-19(7-9-20)29-30-24-11-10-21(33(37)38)16-18(24)17-28/h2-11,16H,12-15H2,1H3/b30-29+. The van der Waals surface area contributed by atoms with Crippen molar-refractivity contribution in [3.63, 3.8) is 0 Å². The zero-order valence-corrected chi connectivity index (χ0v) is 20.8. The largest absolute Gasteiger partial charge is 0.464 e. The van der Waals surface area contributed by atoms with Crippen molar-refractivity contribution in [2.45, 2.75) is 6.42 Å². The van der Waals surface area contributed by atoms with E-state index in [-0.39, 0.29) is 36.5 Å². The van der Waals surface area contributed by atoms with Gasteiger partial charge in [0.05, 0.1) is 40.3 Å². The lowest BCUT2D eigenvalue weighted by molar-refractivity contribution is -0.384. The minimum atomic E-state index is -0.588. The minimum absolute atomic E-state index is 0.0142. The van der Waals surface area contributed by atoms with E-state index >= 15 is 0 Å². The van der Waals surface area contributed by atoms with E-state index in [0.29, 0.717) is 23.4 Å². The lowest BCUT2D eigenvalue weighted by Gasteiger charge is -2.19. The average Bonchev–Trinajstić information content (AvgIpc) is 3.19. The highest BCUT2D eigenvalue weighted by Gasteiger charge is 2.34. The first-order valence-corrected chi connectivity index (χ1v) is 11.8. The highest BCUT2D eigenvalue weighted by Crippen LogP contribution is 2.27. The Balaban J connectivity index is 1.24. The molecule has 4 rings (SSSR count). The summed E-state index contributed by atoms with van der Waals surface area (Å²) in [6.45, 7) is 0.261. The third-order valence-corrected chi connectivity index (χ3v) is 5.98. The predicted molar refractivity (Wildman–Crippen MR) is 139 cm³/mol. The van der Waals surface area contributed by atoms with E-state index in [0.717, 1.165) is 16.7 Å². The minimum Gasteiger partial charge on any atom is -0.464 e. The van der Waals surface area contributed by atoms with Crippen LogP contribution in [0.25, 0.3) is 0 Å². The molecule has 196 valence electrons. The number of rotatable bonds is 10. The Morgan fingerprint density at radius 3 is 2.33 bits per heavy atom. The lowest BCUT2D eigenvalue weighted by atomic mass is 10.1. The summed E-state index contributed by atoms with van der Waals surface area (Å²) >= 11 is 0. The number of benzene rings is 3. The molecule has 3 aromatic rings.